The van der Waals surface area contributed by atoms with Crippen LogP contribution in [0.2, 0.25) is 0 Å². The van der Waals surface area contributed by atoms with Crippen molar-refractivity contribution in [2.75, 3.05) is 18.8 Å². The van der Waals surface area contributed by atoms with Gasteiger partial charge < -0.3 is 5.73 Å². The summed E-state index contributed by atoms with van der Waals surface area (Å²) in [5.41, 5.74) is 9.82. The molecule has 0 radical (unpaired) electrons. The number of hydrogen-bond donors (Lipinski definition) is 2. The summed E-state index contributed by atoms with van der Waals surface area (Å²) < 4.78 is 5.91. The lowest BCUT2D eigenvalue weighted by molar-refractivity contribution is 0.0944. The van der Waals surface area contributed by atoms with Gasteiger partial charge in [0.1, 0.15) is 5.69 Å². The van der Waals surface area contributed by atoms with Crippen LogP contribution in [0.25, 0.3) is 5.82 Å². The second-order valence-corrected chi connectivity index (χ2v) is 7.67. The van der Waals surface area contributed by atoms with E-state index in [4.69, 9.17) is 5.73 Å². The maximum Gasteiger partial charge on any atom is 0.292 e. The van der Waals surface area contributed by atoms with E-state index in [9.17, 15) is 4.79 Å². The molecule has 1 aliphatic rings. The van der Waals surface area contributed by atoms with E-state index in [-0.39, 0.29) is 17.3 Å². The van der Waals surface area contributed by atoms with Gasteiger partial charge in [0.2, 0.25) is 11.6 Å². The maximum absolute atomic E-state index is 13.0. The molecule has 1 aliphatic heterocycles. The molecule has 0 unspecified atom stereocenters. The fourth-order valence-corrected chi connectivity index (χ4v) is 3.87. The van der Waals surface area contributed by atoms with Gasteiger partial charge in [0, 0.05) is 11.4 Å². The van der Waals surface area contributed by atoms with Gasteiger partial charge in [-0.05, 0) is 54.6 Å². The number of hydrazone groups is 1. The van der Waals surface area contributed by atoms with E-state index in [1.807, 2.05) is 24.4 Å². The number of amides is 1. The van der Waals surface area contributed by atoms with E-state index in [1.165, 1.54) is 11.1 Å². The highest BCUT2D eigenvalue weighted by atomic mass is 32.1. The molecule has 3 aromatic rings. The first-order valence-electron chi connectivity index (χ1n) is 9.27. The third kappa shape index (κ3) is 4.17. The van der Waals surface area contributed by atoms with Crippen LogP contribution in [0.3, 0.4) is 0 Å². The summed E-state index contributed by atoms with van der Waals surface area (Å²) in [5.74, 6) is -0.321. The van der Waals surface area contributed by atoms with Gasteiger partial charge in [-0.2, -0.15) is 9.78 Å². The van der Waals surface area contributed by atoms with Crippen LogP contribution < -0.4 is 11.2 Å². The van der Waals surface area contributed by atoms with Crippen LogP contribution in [0.5, 0.6) is 0 Å². The Kier molecular flexibility index (Phi) is 5.62. The van der Waals surface area contributed by atoms with Crippen molar-refractivity contribution in [3.8, 4) is 5.82 Å². The molecule has 0 atom stereocenters. The topological polar surface area (TPSA) is 140 Å². The van der Waals surface area contributed by atoms with Crippen LogP contribution in [0.1, 0.15) is 47.2 Å². The van der Waals surface area contributed by atoms with Gasteiger partial charge in [-0.15, -0.1) is 16.4 Å². The molecular formula is C17H21N9O2S. The highest BCUT2D eigenvalue weighted by molar-refractivity contribution is 7.12. The van der Waals surface area contributed by atoms with Crippen LogP contribution in [-0.4, -0.2) is 54.9 Å². The first kappa shape index (κ1) is 19.2. The summed E-state index contributed by atoms with van der Waals surface area (Å²) in [6.45, 7) is 4.24. The van der Waals surface area contributed by atoms with Crippen molar-refractivity contribution in [1.82, 2.24) is 35.6 Å². The summed E-state index contributed by atoms with van der Waals surface area (Å²) in [6, 6.07) is 3.86. The molecule has 4 rings (SSSR count). The quantitative estimate of drug-likeness (QED) is 0.455. The Balaban J connectivity index is 1.63. The van der Waals surface area contributed by atoms with Gasteiger partial charge in [-0.25, -0.2) is 10.1 Å². The second-order valence-electron chi connectivity index (χ2n) is 6.72. The minimum Gasteiger partial charge on any atom is -0.378 e. The fraction of sp³-hybridized carbons (Fsp3) is 0.412. The highest BCUT2D eigenvalue weighted by Gasteiger charge is 2.26. The number of likely N-dealkylation sites (tertiary alicyclic amines) is 1. The number of nitrogens with one attached hydrogen (secondary N) is 1. The van der Waals surface area contributed by atoms with E-state index >= 15 is 0 Å². The summed E-state index contributed by atoms with van der Waals surface area (Å²) in [6.07, 6.45) is 3.47. The standard InChI is InChI=1S/C17H21N9O2S/c1-11(13-6-5-9-29-13)19-21-17(27)14-12(10-25-7-3-2-4-8-25)20-24-26(14)16-15(18)22-28-23-16/h5-6,9H,2-4,7-8,10H2,1H3,(H2,18,22)(H,21,27). The molecular weight excluding hydrogens is 394 g/mol. The van der Waals surface area contributed by atoms with E-state index in [0.717, 1.165) is 30.8 Å². The number of nitrogens with two attached hydrogens (primary N) is 1. The van der Waals surface area contributed by atoms with Gasteiger partial charge in [-0.3, -0.25) is 9.69 Å². The number of rotatable bonds is 6. The van der Waals surface area contributed by atoms with Gasteiger partial charge in [0.15, 0.2) is 5.69 Å². The number of hydrogen-bond acceptors (Lipinski definition) is 10. The van der Waals surface area contributed by atoms with Gasteiger partial charge >= 0.3 is 0 Å². The largest absolute Gasteiger partial charge is 0.378 e. The van der Waals surface area contributed by atoms with Crippen molar-refractivity contribution < 1.29 is 9.42 Å². The number of anilines is 1. The van der Waals surface area contributed by atoms with Crippen molar-refractivity contribution in [3.05, 3.63) is 33.8 Å². The average Bonchev–Trinajstić information content (AvgIpc) is 3.47. The number of nitrogens with zero attached hydrogens (tertiary/aromatic N) is 7. The maximum atomic E-state index is 13.0. The normalized spacial score (nSPS) is 15.6. The van der Waals surface area contributed by atoms with Crippen LogP contribution in [-0.2, 0) is 6.54 Å². The third-order valence-corrected chi connectivity index (χ3v) is 5.65. The van der Waals surface area contributed by atoms with Crippen molar-refractivity contribution in [2.45, 2.75) is 32.7 Å². The van der Waals surface area contributed by atoms with Gasteiger partial charge in [0.05, 0.1) is 5.71 Å². The number of thiophene rings is 1. The molecule has 0 aliphatic carbocycles. The SMILES string of the molecule is CC(=NNC(=O)c1c(CN2CCCCC2)nnn1-c1nonc1N)c1cccs1. The van der Waals surface area contributed by atoms with Crippen LogP contribution in [0, 0.1) is 0 Å². The predicted molar refractivity (Wildman–Crippen MR) is 107 cm³/mol. The number of nitrogen functional groups attached to an aromatic ring is 1. The van der Waals surface area contributed by atoms with Crippen molar-refractivity contribution in [3.63, 3.8) is 0 Å². The zero-order valence-corrected chi connectivity index (χ0v) is 16.7. The molecule has 12 heteroatoms. The smallest absolute Gasteiger partial charge is 0.292 e. The minimum atomic E-state index is -0.458. The lowest BCUT2D eigenvalue weighted by Crippen LogP contribution is -2.31. The molecule has 1 amide bonds. The number of piperidine rings is 1. The zero-order chi connectivity index (χ0) is 20.2. The molecule has 0 spiro atoms. The highest BCUT2D eigenvalue weighted by Crippen LogP contribution is 2.19. The molecule has 1 saturated heterocycles. The summed E-state index contributed by atoms with van der Waals surface area (Å²) >= 11 is 1.54. The molecule has 11 nitrogen and oxygen atoms in total. The zero-order valence-electron chi connectivity index (χ0n) is 15.9. The second kappa shape index (κ2) is 8.49. The van der Waals surface area contributed by atoms with Crippen LogP contribution >= 0.6 is 11.3 Å². The van der Waals surface area contributed by atoms with Gasteiger partial charge in [-0.1, -0.05) is 17.7 Å². The third-order valence-electron chi connectivity index (χ3n) is 4.68. The van der Waals surface area contributed by atoms with Crippen molar-refractivity contribution in [1.29, 1.82) is 0 Å². The van der Waals surface area contributed by atoms with Crippen molar-refractivity contribution >= 4 is 28.8 Å². The Morgan fingerprint density at radius 1 is 1.34 bits per heavy atom. The number of aromatic nitrogens is 5. The van der Waals surface area contributed by atoms with Crippen LogP contribution in [0.4, 0.5) is 5.82 Å². The fourth-order valence-electron chi connectivity index (χ4n) is 3.19. The first-order chi connectivity index (χ1) is 14.1. The number of carbonyl (C=O) groups is 1. The summed E-state index contributed by atoms with van der Waals surface area (Å²) in [4.78, 5) is 16.2. The molecule has 0 saturated carbocycles. The van der Waals surface area contributed by atoms with Crippen LogP contribution in [0.15, 0.2) is 27.2 Å². The molecule has 4 heterocycles. The Morgan fingerprint density at radius 3 is 2.86 bits per heavy atom. The monoisotopic (exact) mass is 415 g/mol. The lowest BCUT2D eigenvalue weighted by Gasteiger charge is -2.25. The molecule has 1 fully saturated rings. The molecule has 3 N–H and O–H groups in total. The molecule has 29 heavy (non-hydrogen) atoms. The van der Waals surface area contributed by atoms with E-state index in [1.54, 1.807) is 11.3 Å². The Hall–Kier alpha value is -3.12. The Bertz CT molecular complexity index is 1000. The minimum absolute atomic E-state index is 0.0201. The Labute approximate surface area is 170 Å². The molecule has 152 valence electrons. The molecule has 0 aromatic carbocycles. The molecule has 3 aromatic heterocycles. The number of carbonyl (C=O) groups excluding carboxylic acids is 1. The van der Waals surface area contributed by atoms with E-state index in [2.05, 4.69) is 40.7 Å². The van der Waals surface area contributed by atoms with E-state index in [0.29, 0.717) is 18.0 Å². The summed E-state index contributed by atoms with van der Waals surface area (Å²) in [7, 11) is 0. The van der Waals surface area contributed by atoms with Gasteiger partial charge in [0.25, 0.3) is 5.91 Å². The lowest BCUT2D eigenvalue weighted by atomic mass is 10.1. The summed E-state index contributed by atoms with van der Waals surface area (Å²) in [5, 5.41) is 21.7. The first-order valence-corrected chi connectivity index (χ1v) is 10.2. The predicted octanol–water partition coefficient (Wildman–Crippen LogP) is 1.43. The average molecular weight is 415 g/mol. The van der Waals surface area contributed by atoms with E-state index < -0.39 is 5.91 Å². The van der Waals surface area contributed by atoms with Crippen molar-refractivity contribution in [2.24, 2.45) is 5.10 Å². The molecule has 0 bridgehead atoms. The Morgan fingerprint density at radius 2 is 2.17 bits per heavy atom.